The second-order valence-electron chi connectivity index (χ2n) is 4.08. The maximum absolute atomic E-state index is 2.40. The lowest BCUT2D eigenvalue weighted by molar-refractivity contribution is 0.593. The van der Waals surface area contributed by atoms with E-state index in [-0.39, 0.29) is 0 Å². The summed E-state index contributed by atoms with van der Waals surface area (Å²) in [4.78, 5) is 0. The van der Waals surface area contributed by atoms with E-state index < -0.39 is 0 Å². The molecular weight excluding hydrogens is 168 g/mol. The Bertz CT molecular complexity index is 145. The standard InChI is InChI=1S/C14H23/c1-2-4-6-8-10-12-14-13-11-9-7-5-3-1/h1-4,7H,5-6,8-14H2/b3-1-,4-2+. The van der Waals surface area contributed by atoms with Crippen LogP contribution < -0.4 is 0 Å². The van der Waals surface area contributed by atoms with E-state index in [1.54, 1.807) is 0 Å². The van der Waals surface area contributed by atoms with E-state index in [0.29, 0.717) is 0 Å². The molecule has 0 aliphatic heterocycles. The summed E-state index contributed by atoms with van der Waals surface area (Å²) in [6.45, 7) is 0. The fourth-order valence-electron chi connectivity index (χ4n) is 1.80. The lowest BCUT2D eigenvalue weighted by atomic mass is 10.1. The molecule has 1 aliphatic carbocycles. The fourth-order valence-corrected chi connectivity index (χ4v) is 1.80. The van der Waals surface area contributed by atoms with E-state index >= 15 is 0 Å². The lowest BCUT2D eigenvalue weighted by Gasteiger charge is -2.01. The van der Waals surface area contributed by atoms with Crippen molar-refractivity contribution in [2.45, 2.75) is 57.8 Å². The van der Waals surface area contributed by atoms with Gasteiger partial charge in [0.2, 0.25) is 0 Å². The van der Waals surface area contributed by atoms with Crippen LogP contribution in [0.25, 0.3) is 0 Å². The van der Waals surface area contributed by atoms with Crippen molar-refractivity contribution in [3.63, 3.8) is 0 Å². The predicted molar refractivity (Wildman–Crippen MR) is 64.1 cm³/mol. The molecule has 0 unspecified atom stereocenters. The summed E-state index contributed by atoms with van der Waals surface area (Å²) in [5, 5.41) is 0. The van der Waals surface area contributed by atoms with Gasteiger partial charge in [-0.25, -0.2) is 0 Å². The summed E-state index contributed by atoms with van der Waals surface area (Å²) in [5.74, 6) is 0. The van der Waals surface area contributed by atoms with Gasteiger partial charge in [0.1, 0.15) is 0 Å². The third-order valence-corrected chi connectivity index (χ3v) is 2.72. The molecule has 0 bridgehead atoms. The zero-order valence-electron chi connectivity index (χ0n) is 9.25. The van der Waals surface area contributed by atoms with Crippen LogP contribution in [0.1, 0.15) is 57.8 Å². The zero-order valence-corrected chi connectivity index (χ0v) is 9.25. The van der Waals surface area contributed by atoms with Gasteiger partial charge in [-0.15, -0.1) is 0 Å². The molecular formula is C14H23. The van der Waals surface area contributed by atoms with Crippen molar-refractivity contribution in [2.24, 2.45) is 0 Å². The first-order chi connectivity index (χ1) is 7.00. The zero-order chi connectivity index (χ0) is 9.90. The van der Waals surface area contributed by atoms with Gasteiger partial charge >= 0.3 is 0 Å². The molecule has 1 rings (SSSR count). The molecule has 0 heterocycles. The van der Waals surface area contributed by atoms with E-state index in [2.05, 4.69) is 30.7 Å². The maximum atomic E-state index is 2.40. The summed E-state index contributed by atoms with van der Waals surface area (Å²) in [5.41, 5.74) is 0. The minimum Gasteiger partial charge on any atom is -0.0845 e. The van der Waals surface area contributed by atoms with Crippen LogP contribution in [0.15, 0.2) is 24.3 Å². The average molecular weight is 191 g/mol. The molecule has 1 radical (unpaired) electrons. The van der Waals surface area contributed by atoms with Gasteiger partial charge in [-0.1, -0.05) is 56.4 Å². The van der Waals surface area contributed by atoms with Gasteiger partial charge in [-0.2, -0.15) is 0 Å². The van der Waals surface area contributed by atoms with Gasteiger partial charge in [-0.3, -0.25) is 0 Å². The lowest BCUT2D eigenvalue weighted by Crippen LogP contribution is -1.82. The molecule has 0 atom stereocenters. The summed E-state index contributed by atoms with van der Waals surface area (Å²) in [6.07, 6.45) is 23.5. The quantitative estimate of drug-likeness (QED) is 0.514. The molecule has 0 aromatic heterocycles. The van der Waals surface area contributed by atoms with Gasteiger partial charge in [-0.05, 0) is 32.1 Å². The molecule has 0 nitrogen and oxygen atoms in total. The third kappa shape index (κ3) is 6.94. The number of hydrogen-bond donors (Lipinski definition) is 0. The largest absolute Gasteiger partial charge is 0.0845 e. The van der Waals surface area contributed by atoms with Gasteiger partial charge in [0.05, 0.1) is 0 Å². The van der Waals surface area contributed by atoms with Crippen molar-refractivity contribution in [2.75, 3.05) is 0 Å². The smallest absolute Gasteiger partial charge is 0.0316 e. The van der Waals surface area contributed by atoms with Crippen molar-refractivity contribution in [1.82, 2.24) is 0 Å². The SMILES string of the molecule is [CH]1C/C=C\C=C\CCCCCCCC1. The minimum atomic E-state index is 1.14. The van der Waals surface area contributed by atoms with E-state index in [9.17, 15) is 0 Å². The predicted octanol–water partition coefficient (Wildman–Crippen LogP) is 4.83. The van der Waals surface area contributed by atoms with Crippen molar-refractivity contribution in [3.05, 3.63) is 30.7 Å². The van der Waals surface area contributed by atoms with Gasteiger partial charge < -0.3 is 0 Å². The van der Waals surface area contributed by atoms with E-state index in [4.69, 9.17) is 0 Å². The fraction of sp³-hybridized carbons (Fsp3) is 0.643. The average Bonchev–Trinajstić information content (AvgIpc) is 2.22. The summed E-state index contributed by atoms with van der Waals surface area (Å²) >= 11 is 0. The van der Waals surface area contributed by atoms with Crippen LogP contribution in [0.3, 0.4) is 0 Å². The van der Waals surface area contributed by atoms with Gasteiger partial charge in [0, 0.05) is 0 Å². The second kappa shape index (κ2) is 9.05. The molecule has 0 aromatic rings. The Kier molecular flexibility index (Phi) is 7.47. The molecule has 0 amide bonds. The van der Waals surface area contributed by atoms with E-state index in [1.165, 1.54) is 51.4 Å². The van der Waals surface area contributed by atoms with Crippen LogP contribution >= 0.6 is 0 Å². The summed E-state index contributed by atoms with van der Waals surface area (Å²) in [7, 11) is 0. The Morgan fingerprint density at radius 2 is 1.21 bits per heavy atom. The Morgan fingerprint density at radius 1 is 0.571 bits per heavy atom. The Morgan fingerprint density at radius 3 is 2.07 bits per heavy atom. The molecule has 14 heavy (non-hydrogen) atoms. The van der Waals surface area contributed by atoms with Crippen LogP contribution in [0.5, 0.6) is 0 Å². The van der Waals surface area contributed by atoms with Crippen LogP contribution in [-0.2, 0) is 0 Å². The Balaban J connectivity index is 2.17. The molecule has 79 valence electrons. The van der Waals surface area contributed by atoms with Gasteiger partial charge in [0.15, 0.2) is 0 Å². The van der Waals surface area contributed by atoms with Crippen molar-refractivity contribution < 1.29 is 0 Å². The van der Waals surface area contributed by atoms with E-state index in [0.717, 1.165) is 6.42 Å². The molecule has 0 N–H and O–H groups in total. The molecule has 0 aromatic carbocycles. The first kappa shape index (κ1) is 11.6. The Hall–Kier alpha value is -0.520. The molecule has 0 fully saturated rings. The first-order valence-corrected chi connectivity index (χ1v) is 6.13. The minimum absolute atomic E-state index is 1.14. The Labute approximate surface area is 89.1 Å². The molecule has 0 spiro atoms. The van der Waals surface area contributed by atoms with Crippen molar-refractivity contribution >= 4 is 0 Å². The molecule has 0 heteroatoms. The maximum Gasteiger partial charge on any atom is -0.0316 e. The highest BCUT2D eigenvalue weighted by Crippen LogP contribution is 2.11. The highest BCUT2D eigenvalue weighted by molar-refractivity contribution is 5.03. The number of allylic oxidation sites excluding steroid dienone is 4. The van der Waals surface area contributed by atoms with Crippen molar-refractivity contribution in [1.29, 1.82) is 0 Å². The monoisotopic (exact) mass is 191 g/mol. The highest BCUT2D eigenvalue weighted by atomic mass is 14.0. The summed E-state index contributed by atoms with van der Waals surface area (Å²) < 4.78 is 0. The third-order valence-electron chi connectivity index (χ3n) is 2.72. The van der Waals surface area contributed by atoms with Crippen LogP contribution in [-0.4, -0.2) is 0 Å². The van der Waals surface area contributed by atoms with Crippen molar-refractivity contribution in [3.8, 4) is 0 Å². The number of hydrogen-bond acceptors (Lipinski definition) is 0. The highest BCUT2D eigenvalue weighted by Gasteiger charge is 1.92. The first-order valence-electron chi connectivity index (χ1n) is 6.13. The molecule has 0 saturated carbocycles. The molecule has 0 saturated heterocycles. The van der Waals surface area contributed by atoms with Gasteiger partial charge in [0.25, 0.3) is 0 Å². The van der Waals surface area contributed by atoms with Crippen LogP contribution in [0.4, 0.5) is 0 Å². The normalized spacial score (nSPS) is 26.3. The van der Waals surface area contributed by atoms with E-state index in [1.807, 2.05) is 0 Å². The van der Waals surface area contributed by atoms with Crippen LogP contribution in [0.2, 0.25) is 0 Å². The topological polar surface area (TPSA) is 0 Å². The summed E-state index contributed by atoms with van der Waals surface area (Å²) in [6, 6.07) is 0. The second-order valence-corrected chi connectivity index (χ2v) is 4.08. The molecule has 1 aliphatic rings. The van der Waals surface area contributed by atoms with Crippen LogP contribution in [0, 0.1) is 6.42 Å². The number of rotatable bonds is 0.